The van der Waals surface area contributed by atoms with Gasteiger partial charge in [0.15, 0.2) is 0 Å². The molecule has 2 unspecified atom stereocenters. The third-order valence-electron chi connectivity index (χ3n) is 3.87. The van der Waals surface area contributed by atoms with Crippen molar-refractivity contribution in [2.75, 3.05) is 12.0 Å². The van der Waals surface area contributed by atoms with Crippen LogP contribution in [-0.4, -0.2) is 26.0 Å². The van der Waals surface area contributed by atoms with Crippen LogP contribution in [0.3, 0.4) is 0 Å². The normalized spacial score (nSPS) is 23.2. The number of benzene rings is 1. The maximum absolute atomic E-state index is 12.6. The summed E-state index contributed by atoms with van der Waals surface area (Å²) < 4.78 is 27.9. The molecule has 1 aliphatic rings. The minimum Gasteiger partial charge on any atom is -0.397 e. The Kier molecular flexibility index (Phi) is 5.46. The molecule has 7 heteroatoms. The molecule has 118 valence electrons. The average molecular weight is 349 g/mol. The Hall–Kier alpha value is -0.430. The molecule has 2 atom stereocenters. The topological polar surface area (TPSA) is 72.2 Å². The molecule has 1 aliphatic carbocycles. The van der Waals surface area contributed by atoms with Crippen LogP contribution in [0.5, 0.6) is 0 Å². The molecule has 3 N–H and O–H groups in total. The largest absolute Gasteiger partial charge is 0.397 e. The van der Waals surface area contributed by atoms with Gasteiger partial charge in [-0.15, -0.1) is 0 Å². The maximum atomic E-state index is 12.6. The molecule has 1 aromatic carbocycles. The highest BCUT2D eigenvalue weighted by Crippen LogP contribution is 2.30. The van der Waals surface area contributed by atoms with Crippen LogP contribution in [0.25, 0.3) is 0 Å². The lowest BCUT2D eigenvalue weighted by Gasteiger charge is -2.28. The third-order valence-corrected chi connectivity index (χ3v) is 6.95. The van der Waals surface area contributed by atoms with E-state index in [0.29, 0.717) is 15.8 Å². The van der Waals surface area contributed by atoms with Gasteiger partial charge in [0, 0.05) is 11.3 Å². The summed E-state index contributed by atoms with van der Waals surface area (Å²) in [6.45, 7) is 1.73. The van der Waals surface area contributed by atoms with Crippen molar-refractivity contribution in [2.45, 2.75) is 48.8 Å². The van der Waals surface area contributed by atoms with Gasteiger partial charge in [-0.25, -0.2) is 13.1 Å². The number of sulfonamides is 1. The fourth-order valence-electron chi connectivity index (χ4n) is 2.71. The zero-order valence-corrected chi connectivity index (χ0v) is 14.6. The van der Waals surface area contributed by atoms with Crippen molar-refractivity contribution >= 4 is 39.1 Å². The molecule has 1 aromatic rings. The minimum atomic E-state index is -3.56. The van der Waals surface area contributed by atoms with E-state index < -0.39 is 10.0 Å². The predicted octanol–water partition coefficient (Wildman–Crippen LogP) is 3.18. The molecule has 0 heterocycles. The molecule has 0 radical (unpaired) electrons. The summed E-state index contributed by atoms with van der Waals surface area (Å²) in [5, 5.41) is 0.911. The van der Waals surface area contributed by atoms with Crippen LogP contribution in [0.1, 0.15) is 31.2 Å². The zero-order valence-electron chi connectivity index (χ0n) is 12.2. The number of aryl methyl sites for hydroxylation is 1. The Balaban J connectivity index is 2.20. The second kappa shape index (κ2) is 6.77. The van der Waals surface area contributed by atoms with Gasteiger partial charge in [-0.05, 0) is 50.1 Å². The monoisotopic (exact) mass is 348 g/mol. The Morgan fingerprint density at radius 1 is 1.38 bits per heavy atom. The van der Waals surface area contributed by atoms with Crippen LogP contribution in [0.2, 0.25) is 5.02 Å². The fourth-order valence-corrected chi connectivity index (χ4v) is 5.30. The number of nitrogen functional groups attached to an aromatic ring is 1. The Morgan fingerprint density at radius 2 is 2.10 bits per heavy atom. The van der Waals surface area contributed by atoms with Gasteiger partial charge in [0.2, 0.25) is 10.0 Å². The van der Waals surface area contributed by atoms with E-state index in [1.807, 2.05) is 0 Å². The highest BCUT2D eigenvalue weighted by atomic mass is 35.5. The zero-order chi connectivity index (χ0) is 15.6. The summed E-state index contributed by atoms with van der Waals surface area (Å²) in [4.78, 5) is 0.218. The summed E-state index contributed by atoms with van der Waals surface area (Å²) in [7, 11) is -3.56. The predicted molar refractivity (Wildman–Crippen MR) is 90.5 cm³/mol. The van der Waals surface area contributed by atoms with E-state index in [1.165, 1.54) is 6.07 Å². The van der Waals surface area contributed by atoms with Crippen LogP contribution < -0.4 is 10.5 Å². The molecule has 2 rings (SSSR count). The average Bonchev–Trinajstić information content (AvgIpc) is 2.42. The lowest BCUT2D eigenvalue weighted by molar-refractivity contribution is 0.420. The maximum Gasteiger partial charge on any atom is 0.241 e. The molecule has 0 amide bonds. The first-order chi connectivity index (χ1) is 9.83. The van der Waals surface area contributed by atoms with Gasteiger partial charge in [-0.2, -0.15) is 11.8 Å². The van der Waals surface area contributed by atoms with Crippen molar-refractivity contribution in [3.63, 3.8) is 0 Å². The Bertz CT molecular complexity index is 620. The van der Waals surface area contributed by atoms with Crippen molar-refractivity contribution in [2.24, 2.45) is 0 Å². The lowest BCUT2D eigenvalue weighted by atomic mass is 9.96. The van der Waals surface area contributed by atoms with E-state index in [1.54, 1.807) is 24.8 Å². The smallest absolute Gasteiger partial charge is 0.241 e. The summed E-state index contributed by atoms with van der Waals surface area (Å²) in [5.41, 5.74) is 6.63. The van der Waals surface area contributed by atoms with E-state index in [0.717, 1.165) is 25.7 Å². The second-order valence-corrected chi connectivity index (χ2v) is 8.71. The van der Waals surface area contributed by atoms with Crippen LogP contribution in [0.4, 0.5) is 5.69 Å². The van der Waals surface area contributed by atoms with E-state index in [-0.39, 0.29) is 16.6 Å². The van der Waals surface area contributed by atoms with Crippen molar-refractivity contribution in [1.29, 1.82) is 0 Å². The van der Waals surface area contributed by atoms with Crippen molar-refractivity contribution < 1.29 is 8.42 Å². The van der Waals surface area contributed by atoms with Crippen LogP contribution in [0.15, 0.2) is 17.0 Å². The Labute approximate surface area is 135 Å². The number of nitrogens with one attached hydrogen (secondary N) is 1. The third kappa shape index (κ3) is 4.06. The van der Waals surface area contributed by atoms with E-state index in [9.17, 15) is 8.42 Å². The van der Waals surface area contributed by atoms with Crippen LogP contribution in [-0.2, 0) is 10.0 Å². The number of nitrogens with two attached hydrogens (primary N) is 1. The molecule has 1 saturated carbocycles. The van der Waals surface area contributed by atoms with Gasteiger partial charge in [0.05, 0.1) is 15.6 Å². The summed E-state index contributed by atoms with van der Waals surface area (Å²) in [6.07, 6.45) is 6.05. The SMILES string of the molecule is CSC1CCCC(NS(=O)(=O)c2cc(N)c(Cl)cc2C)C1. The highest BCUT2D eigenvalue weighted by molar-refractivity contribution is 7.99. The first-order valence-electron chi connectivity index (χ1n) is 6.94. The molecule has 0 spiro atoms. The molecule has 0 aliphatic heterocycles. The molecule has 21 heavy (non-hydrogen) atoms. The summed E-state index contributed by atoms with van der Waals surface area (Å²) in [5.74, 6) is 0. The van der Waals surface area contributed by atoms with E-state index >= 15 is 0 Å². The molecular weight excluding hydrogens is 328 g/mol. The number of rotatable bonds is 4. The molecule has 4 nitrogen and oxygen atoms in total. The minimum absolute atomic E-state index is 0.00231. The number of hydrogen-bond donors (Lipinski definition) is 2. The van der Waals surface area contributed by atoms with Gasteiger partial charge in [0.25, 0.3) is 0 Å². The number of thioether (sulfide) groups is 1. The molecular formula is C14H21ClN2O2S2. The quantitative estimate of drug-likeness (QED) is 0.820. The molecule has 0 bridgehead atoms. The second-order valence-electron chi connectivity index (χ2n) is 5.48. The van der Waals surface area contributed by atoms with Gasteiger partial charge in [-0.1, -0.05) is 18.0 Å². The highest BCUT2D eigenvalue weighted by Gasteiger charge is 2.27. The van der Waals surface area contributed by atoms with Gasteiger partial charge in [-0.3, -0.25) is 0 Å². The standard InChI is InChI=1S/C14H21ClN2O2S2/c1-9-6-12(15)13(16)8-14(9)21(18,19)17-10-4-3-5-11(7-10)20-2/h6,8,10-11,17H,3-5,7,16H2,1-2H3. The van der Waals surface area contributed by atoms with Gasteiger partial charge in [0.1, 0.15) is 0 Å². The van der Waals surface area contributed by atoms with Crippen molar-refractivity contribution in [1.82, 2.24) is 4.72 Å². The lowest BCUT2D eigenvalue weighted by Crippen LogP contribution is -2.39. The summed E-state index contributed by atoms with van der Waals surface area (Å²) in [6, 6.07) is 3.03. The van der Waals surface area contributed by atoms with Crippen molar-refractivity contribution in [3.8, 4) is 0 Å². The number of anilines is 1. The first kappa shape index (κ1) is 16.9. The fraction of sp³-hybridized carbons (Fsp3) is 0.571. The van der Waals surface area contributed by atoms with Crippen LogP contribution in [0, 0.1) is 6.92 Å². The van der Waals surface area contributed by atoms with Gasteiger partial charge < -0.3 is 5.73 Å². The first-order valence-corrected chi connectivity index (χ1v) is 10.1. The van der Waals surface area contributed by atoms with E-state index in [2.05, 4.69) is 11.0 Å². The molecule has 1 fully saturated rings. The van der Waals surface area contributed by atoms with Crippen molar-refractivity contribution in [3.05, 3.63) is 22.7 Å². The molecule has 0 saturated heterocycles. The van der Waals surface area contributed by atoms with Gasteiger partial charge >= 0.3 is 0 Å². The Morgan fingerprint density at radius 3 is 2.76 bits per heavy atom. The summed E-state index contributed by atoms with van der Waals surface area (Å²) >= 11 is 7.73. The molecule has 0 aromatic heterocycles. The number of halogens is 1. The number of hydrogen-bond acceptors (Lipinski definition) is 4. The van der Waals surface area contributed by atoms with E-state index in [4.69, 9.17) is 17.3 Å². The van der Waals surface area contributed by atoms with Crippen LogP contribution >= 0.6 is 23.4 Å².